The number of anilines is 1. The molecule has 20 heavy (non-hydrogen) atoms. The van der Waals surface area contributed by atoms with Gasteiger partial charge in [0.2, 0.25) is 0 Å². The highest BCUT2D eigenvalue weighted by atomic mass is 32.1. The van der Waals surface area contributed by atoms with E-state index in [1.54, 1.807) is 11.3 Å². The second-order valence-electron chi connectivity index (χ2n) is 4.23. The van der Waals surface area contributed by atoms with Crippen LogP contribution in [0.5, 0.6) is 0 Å². The monoisotopic (exact) mass is 285 g/mol. The van der Waals surface area contributed by atoms with Crippen molar-refractivity contribution in [1.29, 1.82) is 0 Å². The first-order chi connectivity index (χ1) is 9.74. The summed E-state index contributed by atoms with van der Waals surface area (Å²) < 4.78 is 1.94. The van der Waals surface area contributed by atoms with E-state index in [-0.39, 0.29) is 0 Å². The van der Waals surface area contributed by atoms with Gasteiger partial charge in [0.25, 0.3) is 0 Å². The van der Waals surface area contributed by atoms with Crippen LogP contribution in [0, 0.1) is 12.3 Å². The van der Waals surface area contributed by atoms with Gasteiger partial charge in [-0.1, -0.05) is 5.92 Å². The predicted molar refractivity (Wildman–Crippen MR) is 82.8 cm³/mol. The Hall–Kier alpha value is -2.19. The molecule has 0 unspecified atom stereocenters. The maximum Gasteiger partial charge on any atom is 0.408 e. The van der Waals surface area contributed by atoms with Gasteiger partial charge < -0.3 is 4.90 Å². The molecule has 2 aromatic rings. The fourth-order valence-electron chi connectivity index (χ4n) is 1.75. The predicted octanol–water partition coefficient (Wildman–Crippen LogP) is 3.45. The van der Waals surface area contributed by atoms with E-state index >= 15 is 0 Å². The fourth-order valence-corrected chi connectivity index (χ4v) is 2.43. The first kappa shape index (κ1) is 14.2. The van der Waals surface area contributed by atoms with Crippen molar-refractivity contribution in [1.82, 2.24) is 0 Å². The highest BCUT2D eigenvalue weighted by molar-refractivity contribution is 7.12. The summed E-state index contributed by atoms with van der Waals surface area (Å²) in [7, 11) is 1.95. The number of benzene rings is 1. The Morgan fingerprint density at radius 3 is 2.60 bits per heavy atom. The summed E-state index contributed by atoms with van der Waals surface area (Å²) in [4.78, 5) is 2.13. The molecule has 0 amide bonds. The SMILES string of the molecule is C#CCN(CC)c1ccc(/N=N/c2scc[n+]2C)cc1. The minimum Gasteiger partial charge on any atom is -0.361 e. The first-order valence-electron chi connectivity index (χ1n) is 6.38. The Kier molecular flexibility index (Phi) is 4.85. The first-order valence-corrected chi connectivity index (χ1v) is 7.26. The van der Waals surface area contributed by atoms with Gasteiger partial charge in [0.15, 0.2) is 0 Å². The maximum absolute atomic E-state index is 5.36. The number of azo groups is 1. The van der Waals surface area contributed by atoms with Crippen LogP contribution >= 0.6 is 11.3 Å². The van der Waals surface area contributed by atoms with Gasteiger partial charge in [0.1, 0.15) is 11.9 Å². The van der Waals surface area contributed by atoms with Gasteiger partial charge in [-0.05, 0) is 47.6 Å². The molecule has 1 heterocycles. The van der Waals surface area contributed by atoms with E-state index in [4.69, 9.17) is 6.42 Å². The number of rotatable bonds is 5. The van der Waals surface area contributed by atoms with Crippen LogP contribution in [-0.4, -0.2) is 13.1 Å². The number of hydrogen-bond acceptors (Lipinski definition) is 4. The Labute approximate surface area is 123 Å². The Morgan fingerprint density at radius 2 is 2.05 bits per heavy atom. The number of nitrogens with zero attached hydrogens (tertiary/aromatic N) is 4. The molecule has 102 valence electrons. The van der Waals surface area contributed by atoms with Crippen LogP contribution < -0.4 is 9.47 Å². The molecule has 0 saturated heterocycles. The van der Waals surface area contributed by atoms with E-state index in [1.807, 2.05) is 47.5 Å². The average molecular weight is 285 g/mol. The van der Waals surface area contributed by atoms with Gasteiger partial charge in [-0.3, -0.25) is 0 Å². The van der Waals surface area contributed by atoms with E-state index in [0.29, 0.717) is 6.54 Å². The highest BCUT2D eigenvalue weighted by Gasteiger charge is 2.07. The molecular weight excluding hydrogens is 268 g/mol. The molecule has 0 bridgehead atoms. The Morgan fingerprint density at radius 1 is 1.30 bits per heavy atom. The number of terminal acetylenes is 1. The normalized spacial score (nSPS) is 10.7. The second kappa shape index (κ2) is 6.83. The van der Waals surface area contributed by atoms with Crippen LogP contribution in [0.1, 0.15) is 6.92 Å². The summed E-state index contributed by atoms with van der Waals surface area (Å²) >= 11 is 1.56. The van der Waals surface area contributed by atoms with Crippen LogP contribution in [0.3, 0.4) is 0 Å². The van der Waals surface area contributed by atoms with E-state index in [1.165, 1.54) is 0 Å². The minimum atomic E-state index is 0.613. The minimum absolute atomic E-state index is 0.613. The third kappa shape index (κ3) is 3.43. The van der Waals surface area contributed by atoms with Crippen molar-refractivity contribution in [2.45, 2.75) is 6.92 Å². The largest absolute Gasteiger partial charge is 0.408 e. The zero-order chi connectivity index (χ0) is 14.4. The number of thiazole rings is 1. The second-order valence-corrected chi connectivity index (χ2v) is 5.10. The van der Waals surface area contributed by atoms with Crippen LogP contribution in [0.2, 0.25) is 0 Å². The molecule has 1 aromatic heterocycles. The van der Waals surface area contributed by atoms with Gasteiger partial charge in [-0.25, -0.2) is 4.57 Å². The lowest BCUT2D eigenvalue weighted by Gasteiger charge is -2.19. The fraction of sp³-hybridized carbons (Fsp3) is 0.267. The zero-order valence-corrected chi connectivity index (χ0v) is 12.5. The van der Waals surface area contributed by atoms with Crippen molar-refractivity contribution < 1.29 is 4.57 Å². The molecule has 0 aliphatic heterocycles. The molecule has 1 aromatic carbocycles. The van der Waals surface area contributed by atoms with Gasteiger partial charge >= 0.3 is 5.13 Å². The molecule has 0 atom stereocenters. The van der Waals surface area contributed by atoms with Gasteiger partial charge in [0.05, 0.1) is 18.7 Å². The van der Waals surface area contributed by atoms with Gasteiger partial charge in [-0.2, -0.15) is 0 Å². The molecular formula is C15H17N4S+. The molecule has 0 N–H and O–H groups in total. The van der Waals surface area contributed by atoms with Gasteiger partial charge in [-0.15, -0.1) is 6.42 Å². The lowest BCUT2D eigenvalue weighted by Crippen LogP contribution is -2.23. The smallest absolute Gasteiger partial charge is 0.361 e. The summed E-state index contributed by atoms with van der Waals surface area (Å²) in [5.74, 6) is 2.66. The van der Waals surface area contributed by atoms with Crippen LogP contribution in [0.15, 0.2) is 46.1 Å². The molecule has 0 saturated carbocycles. The lowest BCUT2D eigenvalue weighted by molar-refractivity contribution is -0.654. The molecule has 0 fully saturated rings. The highest BCUT2D eigenvalue weighted by Crippen LogP contribution is 2.22. The summed E-state index contributed by atoms with van der Waals surface area (Å²) in [6, 6.07) is 7.93. The third-order valence-corrected chi connectivity index (χ3v) is 3.73. The van der Waals surface area contributed by atoms with Gasteiger partial charge in [0, 0.05) is 17.6 Å². The summed E-state index contributed by atoms with van der Waals surface area (Å²) in [5.41, 5.74) is 1.94. The summed E-state index contributed by atoms with van der Waals surface area (Å²) in [6.07, 6.45) is 7.32. The zero-order valence-electron chi connectivity index (χ0n) is 11.7. The van der Waals surface area contributed by atoms with Crippen LogP contribution in [0.25, 0.3) is 0 Å². The van der Waals surface area contributed by atoms with Crippen LogP contribution in [0.4, 0.5) is 16.5 Å². The number of aryl methyl sites for hydroxylation is 1. The molecule has 0 aliphatic carbocycles. The quantitative estimate of drug-likeness (QED) is 0.470. The summed E-state index contributed by atoms with van der Waals surface area (Å²) in [6.45, 7) is 3.58. The molecule has 0 radical (unpaired) electrons. The van der Waals surface area contributed by atoms with Crippen molar-refractivity contribution in [2.75, 3.05) is 18.0 Å². The van der Waals surface area contributed by atoms with Crippen molar-refractivity contribution in [3.8, 4) is 12.3 Å². The van der Waals surface area contributed by atoms with Crippen molar-refractivity contribution in [2.24, 2.45) is 17.3 Å². The molecule has 2 rings (SSSR count). The summed E-state index contributed by atoms with van der Waals surface area (Å²) in [5, 5.41) is 11.3. The Bertz CT molecular complexity index is 622. The molecule has 5 heteroatoms. The van der Waals surface area contributed by atoms with E-state index in [2.05, 4.69) is 28.0 Å². The molecule has 4 nitrogen and oxygen atoms in total. The third-order valence-electron chi connectivity index (χ3n) is 2.89. The van der Waals surface area contributed by atoms with E-state index < -0.39 is 0 Å². The number of hydrogen-bond donors (Lipinski definition) is 0. The van der Waals surface area contributed by atoms with Crippen molar-refractivity contribution in [3.05, 3.63) is 35.8 Å². The van der Waals surface area contributed by atoms with Crippen molar-refractivity contribution in [3.63, 3.8) is 0 Å². The Balaban J connectivity index is 2.11. The standard InChI is InChI=1S/C15H17N4S/c1-4-10-19(5-2)14-8-6-13(7-9-14)16-17-15-18(3)11-12-20-15/h1,6-9,11-12H,5,10H2,2-3H3/q+1. The topological polar surface area (TPSA) is 31.8 Å². The van der Waals surface area contributed by atoms with E-state index in [0.717, 1.165) is 23.1 Å². The molecule has 0 spiro atoms. The average Bonchev–Trinajstić information content (AvgIpc) is 2.89. The maximum atomic E-state index is 5.36. The molecule has 0 aliphatic rings. The number of aromatic nitrogens is 1. The van der Waals surface area contributed by atoms with Crippen LogP contribution in [-0.2, 0) is 7.05 Å². The van der Waals surface area contributed by atoms with E-state index in [9.17, 15) is 0 Å². The van der Waals surface area contributed by atoms with Crippen molar-refractivity contribution >= 4 is 27.8 Å². The lowest BCUT2D eigenvalue weighted by atomic mass is 10.2.